The minimum atomic E-state index is -0.711. The van der Waals surface area contributed by atoms with E-state index in [4.69, 9.17) is 4.74 Å². The highest BCUT2D eigenvalue weighted by atomic mass is 32.2. The second-order valence-corrected chi connectivity index (χ2v) is 12.0. The fourth-order valence-corrected chi connectivity index (χ4v) is 8.98. The van der Waals surface area contributed by atoms with Gasteiger partial charge < -0.3 is 19.6 Å². The normalized spacial score (nSPS) is 32.9. The summed E-state index contributed by atoms with van der Waals surface area (Å²) in [4.78, 5) is 45.2. The predicted molar refractivity (Wildman–Crippen MR) is 139 cm³/mol. The monoisotopic (exact) mass is 508 g/mol. The van der Waals surface area contributed by atoms with Crippen LogP contribution in [0.3, 0.4) is 0 Å². The van der Waals surface area contributed by atoms with Crippen LogP contribution in [0, 0.1) is 23.7 Å². The van der Waals surface area contributed by atoms with Gasteiger partial charge in [-0.3, -0.25) is 14.4 Å². The maximum atomic E-state index is 14.4. The summed E-state index contributed by atoms with van der Waals surface area (Å²) in [6.07, 6.45) is 6.24. The molecular formula is C27H44N2O5S. The van der Waals surface area contributed by atoms with Crippen molar-refractivity contribution in [3.63, 3.8) is 0 Å². The van der Waals surface area contributed by atoms with Crippen molar-refractivity contribution in [3.8, 4) is 0 Å². The maximum absolute atomic E-state index is 14.4. The molecule has 3 fully saturated rings. The van der Waals surface area contributed by atoms with Crippen LogP contribution in [-0.2, 0) is 19.1 Å². The Morgan fingerprint density at radius 3 is 2.63 bits per heavy atom. The fraction of sp³-hybridized carbons (Fsp3) is 0.815. The van der Waals surface area contributed by atoms with Gasteiger partial charge in [0.15, 0.2) is 0 Å². The van der Waals surface area contributed by atoms with E-state index < -0.39 is 28.7 Å². The Hall–Kier alpha value is -1.54. The topological polar surface area (TPSA) is 87.2 Å². The van der Waals surface area contributed by atoms with Gasteiger partial charge >= 0.3 is 5.97 Å². The van der Waals surface area contributed by atoms with Crippen molar-refractivity contribution in [2.45, 2.75) is 88.8 Å². The van der Waals surface area contributed by atoms with Gasteiger partial charge in [0.05, 0.1) is 35.8 Å². The van der Waals surface area contributed by atoms with Crippen LogP contribution >= 0.6 is 11.8 Å². The van der Waals surface area contributed by atoms with Crippen LogP contribution in [0.4, 0.5) is 0 Å². The van der Waals surface area contributed by atoms with Crippen molar-refractivity contribution in [3.05, 3.63) is 12.7 Å². The number of unbranched alkanes of at least 4 members (excludes halogenated alkanes) is 2. The number of carbonyl (C=O) groups excluding carboxylic acids is 3. The standard InChI is InChI=1S/C27H44N2O5S/c1-7-11-12-14-28(13-8-2)25(32)23-27-18(6)15-20(35-27)21(26(33)34-10-4)22(27)24(31)29(23)19(16-30)17(5)9-3/h8,17-23,30H,2,7,9-16H2,1,3-6H3/t17-,18?,19-,20+,21-,22-,23?,27?/m0/s1. The Labute approximate surface area is 215 Å². The number of ether oxygens (including phenoxy) is 1. The largest absolute Gasteiger partial charge is 0.466 e. The zero-order chi connectivity index (χ0) is 25.9. The van der Waals surface area contributed by atoms with Crippen LogP contribution < -0.4 is 0 Å². The number of amides is 2. The van der Waals surface area contributed by atoms with Crippen LogP contribution in [-0.4, -0.2) is 81.1 Å². The summed E-state index contributed by atoms with van der Waals surface area (Å²) >= 11 is 1.66. The molecule has 2 amide bonds. The van der Waals surface area contributed by atoms with Gasteiger partial charge in [-0.25, -0.2) is 0 Å². The number of nitrogens with zero attached hydrogens (tertiary/aromatic N) is 2. The highest BCUT2D eigenvalue weighted by molar-refractivity contribution is 8.02. The highest BCUT2D eigenvalue weighted by Gasteiger charge is 2.77. The fourth-order valence-electron chi connectivity index (χ4n) is 6.59. The van der Waals surface area contributed by atoms with Gasteiger partial charge in [0, 0.05) is 18.3 Å². The molecule has 1 N–H and O–H groups in total. The van der Waals surface area contributed by atoms with Gasteiger partial charge in [0.25, 0.3) is 0 Å². The summed E-state index contributed by atoms with van der Waals surface area (Å²) in [5.74, 6) is -1.63. The van der Waals surface area contributed by atoms with E-state index in [1.54, 1.807) is 29.7 Å². The Bertz CT molecular complexity index is 806. The number of carbonyl (C=O) groups is 3. The minimum absolute atomic E-state index is 0.0148. The number of thioether (sulfide) groups is 1. The van der Waals surface area contributed by atoms with E-state index in [1.807, 2.05) is 18.7 Å². The van der Waals surface area contributed by atoms with Crippen LogP contribution in [0.5, 0.6) is 0 Å². The van der Waals surface area contributed by atoms with Crippen molar-refractivity contribution >= 4 is 29.5 Å². The average Bonchev–Trinajstić information content (AvgIpc) is 3.43. The molecule has 0 aliphatic carbocycles. The van der Waals surface area contributed by atoms with Crippen molar-refractivity contribution in [2.24, 2.45) is 23.7 Å². The smallest absolute Gasteiger partial charge is 0.310 e. The van der Waals surface area contributed by atoms with Crippen LogP contribution in [0.2, 0.25) is 0 Å². The lowest BCUT2D eigenvalue weighted by Crippen LogP contribution is -2.60. The lowest BCUT2D eigenvalue weighted by Gasteiger charge is -2.43. The molecule has 35 heavy (non-hydrogen) atoms. The lowest BCUT2D eigenvalue weighted by atomic mass is 9.66. The van der Waals surface area contributed by atoms with E-state index in [0.29, 0.717) is 13.1 Å². The summed E-state index contributed by atoms with van der Waals surface area (Å²) in [7, 11) is 0. The molecule has 0 aromatic rings. The van der Waals surface area contributed by atoms with Gasteiger partial charge in [-0.2, -0.15) is 0 Å². The number of aliphatic hydroxyl groups is 1. The number of rotatable bonds is 13. The lowest BCUT2D eigenvalue weighted by molar-refractivity contribution is -0.154. The molecule has 0 aromatic heterocycles. The Balaban J connectivity index is 2.11. The molecule has 3 rings (SSSR count). The SMILES string of the molecule is C=CCN(CCCCC)C(=O)C1N([C@@H](CO)[C@@H](C)CC)C(=O)[C@@H]2[C@@H](C(=O)OCC)[C@H]3CC(C)C12S3. The molecule has 8 atom stereocenters. The first-order chi connectivity index (χ1) is 16.7. The second-order valence-electron chi connectivity index (χ2n) is 10.5. The molecule has 0 saturated carbocycles. The van der Waals surface area contributed by atoms with E-state index in [0.717, 1.165) is 32.1 Å². The second kappa shape index (κ2) is 11.7. The first kappa shape index (κ1) is 28.0. The first-order valence-electron chi connectivity index (χ1n) is 13.4. The zero-order valence-electron chi connectivity index (χ0n) is 22.1. The third kappa shape index (κ3) is 4.65. The highest BCUT2D eigenvalue weighted by Crippen LogP contribution is 2.69. The van der Waals surface area contributed by atoms with Gasteiger partial charge in [-0.15, -0.1) is 18.3 Å². The van der Waals surface area contributed by atoms with E-state index in [-0.39, 0.29) is 48.1 Å². The number of esters is 1. The molecular weight excluding hydrogens is 464 g/mol. The van der Waals surface area contributed by atoms with E-state index in [9.17, 15) is 19.5 Å². The molecule has 7 nitrogen and oxygen atoms in total. The molecule has 0 radical (unpaired) electrons. The Morgan fingerprint density at radius 1 is 1.34 bits per heavy atom. The van der Waals surface area contributed by atoms with Crippen molar-refractivity contribution in [1.29, 1.82) is 0 Å². The van der Waals surface area contributed by atoms with Gasteiger partial charge in [0.2, 0.25) is 11.8 Å². The number of fused-ring (bicyclic) bond motifs is 1. The number of likely N-dealkylation sites (tertiary alicyclic amines) is 1. The summed E-state index contributed by atoms with van der Waals surface area (Å²) in [6, 6.07) is -1.19. The molecule has 3 saturated heterocycles. The van der Waals surface area contributed by atoms with Crippen molar-refractivity contribution in [1.82, 2.24) is 9.80 Å². The van der Waals surface area contributed by atoms with Gasteiger partial charge in [-0.05, 0) is 31.6 Å². The van der Waals surface area contributed by atoms with Crippen LogP contribution in [0.25, 0.3) is 0 Å². The summed E-state index contributed by atoms with van der Waals surface area (Å²) in [5.41, 5.74) is 0. The third-order valence-corrected chi connectivity index (χ3v) is 10.6. The summed E-state index contributed by atoms with van der Waals surface area (Å²) in [6.45, 7) is 15.0. The predicted octanol–water partition coefficient (Wildman–Crippen LogP) is 3.50. The minimum Gasteiger partial charge on any atom is -0.466 e. The summed E-state index contributed by atoms with van der Waals surface area (Å²) < 4.78 is 4.73. The van der Waals surface area contributed by atoms with Gasteiger partial charge in [-0.1, -0.05) is 53.0 Å². The molecule has 3 heterocycles. The molecule has 0 aromatic carbocycles. The molecule has 3 aliphatic heterocycles. The van der Waals surface area contributed by atoms with E-state index in [2.05, 4.69) is 20.4 Å². The van der Waals surface area contributed by atoms with E-state index in [1.165, 1.54) is 0 Å². The van der Waals surface area contributed by atoms with Crippen LogP contribution in [0.1, 0.15) is 66.7 Å². The molecule has 3 unspecified atom stereocenters. The molecule has 8 heteroatoms. The summed E-state index contributed by atoms with van der Waals surface area (Å²) in [5, 5.41) is 10.4. The molecule has 1 spiro atoms. The average molecular weight is 509 g/mol. The number of hydrogen-bond acceptors (Lipinski definition) is 6. The molecule has 198 valence electrons. The van der Waals surface area contributed by atoms with Gasteiger partial charge in [0.1, 0.15) is 6.04 Å². The number of hydrogen-bond donors (Lipinski definition) is 1. The quantitative estimate of drug-likeness (QED) is 0.233. The van der Waals surface area contributed by atoms with Crippen molar-refractivity contribution in [2.75, 3.05) is 26.3 Å². The third-order valence-electron chi connectivity index (χ3n) is 8.51. The maximum Gasteiger partial charge on any atom is 0.310 e. The molecule has 3 aliphatic rings. The van der Waals surface area contributed by atoms with Crippen LogP contribution in [0.15, 0.2) is 12.7 Å². The number of aliphatic hydroxyl groups excluding tert-OH is 1. The van der Waals surface area contributed by atoms with Crippen molar-refractivity contribution < 1.29 is 24.2 Å². The Kier molecular flexibility index (Phi) is 9.35. The first-order valence-corrected chi connectivity index (χ1v) is 14.3. The van der Waals surface area contributed by atoms with E-state index >= 15 is 0 Å². The molecule has 2 bridgehead atoms. The zero-order valence-corrected chi connectivity index (χ0v) is 22.9. The Morgan fingerprint density at radius 2 is 2.06 bits per heavy atom.